The molecule has 0 aliphatic carbocycles. The summed E-state index contributed by atoms with van der Waals surface area (Å²) >= 11 is 0. The number of aromatic amines is 1. The summed E-state index contributed by atoms with van der Waals surface area (Å²) in [7, 11) is 0. The summed E-state index contributed by atoms with van der Waals surface area (Å²) in [6, 6.07) is 12.7. The molecular weight excluding hydrogens is 330 g/mol. The van der Waals surface area contributed by atoms with Gasteiger partial charge in [0.05, 0.1) is 18.2 Å². The van der Waals surface area contributed by atoms with E-state index in [0.717, 1.165) is 11.3 Å². The number of benzene rings is 2. The first-order valence-corrected chi connectivity index (χ1v) is 7.42. The summed E-state index contributed by atoms with van der Waals surface area (Å²) < 4.78 is 34.1. The molecule has 0 unspecified atom stereocenters. The summed E-state index contributed by atoms with van der Waals surface area (Å²) in [5, 5.41) is 0. The van der Waals surface area contributed by atoms with Gasteiger partial charge in [0.25, 0.3) is 0 Å². The second-order valence-corrected chi connectivity index (χ2v) is 5.08. The van der Waals surface area contributed by atoms with Crippen LogP contribution in [0.1, 0.15) is 10.4 Å². The molecule has 1 aromatic heterocycles. The van der Waals surface area contributed by atoms with Crippen LogP contribution in [0.5, 0.6) is 11.5 Å². The Morgan fingerprint density at radius 2 is 1.88 bits per heavy atom. The van der Waals surface area contributed by atoms with E-state index < -0.39 is 6.61 Å². The highest BCUT2D eigenvalue weighted by molar-refractivity contribution is 5.97. The fourth-order valence-electron chi connectivity index (χ4n) is 2.27. The van der Waals surface area contributed by atoms with Gasteiger partial charge in [-0.15, -0.1) is 0 Å². The standard InChI is InChI=1S/C18H14F2N2O3/c19-18(20)25-13-7-5-12(6-8-13)16(23)10-24-17-4-2-1-3-14(17)15-9-21-11-22-15/h1-9,11,18H,10H2,(H,21,22). The minimum Gasteiger partial charge on any atom is -0.485 e. The number of halogens is 2. The molecule has 0 spiro atoms. The number of ketones is 1. The highest BCUT2D eigenvalue weighted by Crippen LogP contribution is 2.28. The van der Waals surface area contributed by atoms with E-state index in [4.69, 9.17) is 4.74 Å². The number of Topliss-reactive ketones (excluding diaryl/α,β-unsaturated/α-hetero) is 1. The Bertz CT molecular complexity index is 834. The van der Waals surface area contributed by atoms with Crippen LogP contribution in [0.2, 0.25) is 0 Å². The lowest BCUT2D eigenvalue weighted by Crippen LogP contribution is -2.12. The molecule has 1 heterocycles. The molecule has 0 atom stereocenters. The molecule has 0 aliphatic heterocycles. The highest BCUT2D eigenvalue weighted by atomic mass is 19.3. The maximum absolute atomic E-state index is 12.2. The molecular formula is C18H14F2N2O3. The van der Waals surface area contributed by atoms with Crippen LogP contribution in [0.3, 0.4) is 0 Å². The van der Waals surface area contributed by atoms with Crippen molar-refractivity contribution >= 4 is 5.78 Å². The van der Waals surface area contributed by atoms with Gasteiger partial charge in [0, 0.05) is 11.1 Å². The number of aromatic nitrogens is 2. The predicted molar refractivity (Wildman–Crippen MR) is 86.9 cm³/mol. The van der Waals surface area contributed by atoms with Gasteiger partial charge in [0.2, 0.25) is 0 Å². The van der Waals surface area contributed by atoms with Crippen LogP contribution in [-0.4, -0.2) is 29.0 Å². The van der Waals surface area contributed by atoms with E-state index in [1.807, 2.05) is 12.1 Å². The van der Waals surface area contributed by atoms with Gasteiger partial charge in [-0.2, -0.15) is 8.78 Å². The number of H-pyrrole nitrogens is 1. The number of imidazole rings is 1. The van der Waals surface area contributed by atoms with E-state index in [9.17, 15) is 13.6 Å². The molecule has 5 nitrogen and oxygen atoms in total. The van der Waals surface area contributed by atoms with Crippen LogP contribution < -0.4 is 9.47 Å². The molecule has 3 rings (SSSR count). The summed E-state index contributed by atoms with van der Waals surface area (Å²) in [6.07, 6.45) is 3.21. The Labute approximate surface area is 142 Å². The number of ether oxygens (including phenoxy) is 2. The molecule has 3 aromatic rings. The summed E-state index contributed by atoms with van der Waals surface area (Å²) in [4.78, 5) is 19.2. The highest BCUT2D eigenvalue weighted by Gasteiger charge is 2.12. The number of hydrogen-bond donors (Lipinski definition) is 1. The summed E-state index contributed by atoms with van der Waals surface area (Å²) in [6.45, 7) is -3.08. The van der Waals surface area contributed by atoms with Gasteiger partial charge < -0.3 is 14.5 Å². The lowest BCUT2D eigenvalue weighted by Gasteiger charge is -2.10. The van der Waals surface area contributed by atoms with E-state index >= 15 is 0 Å². The number of para-hydroxylation sites is 1. The number of nitrogens with one attached hydrogen (secondary N) is 1. The van der Waals surface area contributed by atoms with Gasteiger partial charge in [-0.25, -0.2) is 4.98 Å². The Balaban J connectivity index is 1.67. The number of alkyl halides is 2. The Kier molecular flexibility index (Phi) is 5.03. The Morgan fingerprint density at radius 1 is 1.12 bits per heavy atom. The van der Waals surface area contributed by atoms with E-state index in [1.165, 1.54) is 24.3 Å². The van der Waals surface area contributed by atoms with Crippen molar-refractivity contribution in [2.75, 3.05) is 6.61 Å². The quantitative estimate of drug-likeness (QED) is 0.660. The maximum atomic E-state index is 12.2. The van der Waals surface area contributed by atoms with Crippen LogP contribution in [0.25, 0.3) is 11.3 Å². The topological polar surface area (TPSA) is 64.2 Å². The van der Waals surface area contributed by atoms with Crippen molar-refractivity contribution in [3.8, 4) is 22.8 Å². The second kappa shape index (κ2) is 7.57. The zero-order valence-electron chi connectivity index (χ0n) is 13.0. The molecule has 0 amide bonds. The Hall–Kier alpha value is -3.22. The maximum Gasteiger partial charge on any atom is 0.387 e. The molecule has 2 aromatic carbocycles. The minimum atomic E-state index is -2.90. The van der Waals surface area contributed by atoms with Crippen LogP contribution in [-0.2, 0) is 0 Å². The van der Waals surface area contributed by atoms with Gasteiger partial charge in [-0.1, -0.05) is 12.1 Å². The van der Waals surface area contributed by atoms with Gasteiger partial charge >= 0.3 is 6.61 Å². The van der Waals surface area contributed by atoms with Crippen molar-refractivity contribution in [1.82, 2.24) is 9.97 Å². The van der Waals surface area contributed by atoms with E-state index in [-0.39, 0.29) is 18.1 Å². The number of carbonyl (C=O) groups excluding carboxylic acids is 1. The smallest absolute Gasteiger partial charge is 0.387 e. The van der Waals surface area contributed by atoms with Gasteiger partial charge in [-0.3, -0.25) is 4.79 Å². The molecule has 0 saturated carbocycles. The van der Waals surface area contributed by atoms with Crippen LogP contribution in [0.15, 0.2) is 61.1 Å². The lowest BCUT2D eigenvalue weighted by atomic mass is 10.1. The third-order valence-electron chi connectivity index (χ3n) is 3.44. The van der Waals surface area contributed by atoms with Crippen LogP contribution in [0.4, 0.5) is 8.78 Å². The molecule has 7 heteroatoms. The Morgan fingerprint density at radius 3 is 2.56 bits per heavy atom. The second-order valence-electron chi connectivity index (χ2n) is 5.08. The molecule has 128 valence electrons. The molecule has 25 heavy (non-hydrogen) atoms. The predicted octanol–water partition coefficient (Wildman–Crippen LogP) is 3.94. The summed E-state index contributed by atoms with van der Waals surface area (Å²) in [5.41, 5.74) is 1.91. The zero-order chi connectivity index (χ0) is 17.6. The third-order valence-corrected chi connectivity index (χ3v) is 3.44. The number of hydrogen-bond acceptors (Lipinski definition) is 4. The average molecular weight is 344 g/mol. The van der Waals surface area contributed by atoms with Crippen molar-refractivity contribution in [1.29, 1.82) is 0 Å². The molecule has 0 saturated heterocycles. The normalized spacial score (nSPS) is 10.7. The largest absolute Gasteiger partial charge is 0.485 e. The van der Waals surface area contributed by atoms with Gasteiger partial charge in [0.1, 0.15) is 11.5 Å². The van der Waals surface area contributed by atoms with Crippen molar-refractivity contribution < 1.29 is 23.0 Å². The lowest BCUT2D eigenvalue weighted by molar-refractivity contribution is -0.0498. The third kappa shape index (κ3) is 4.20. The first-order chi connectivity index (χ1) is 12.1. The monoisotopic (exact) mass is 344 g/mol. The molecule has 1 N–H and O–H groups in total. The number of nitrogens with zero attached hydrogens (tertiary/aromatic N) is 1. The van der Waals surface area contributed by atoms with Crippen LogP contribution in [0, 0.1) is 0 Å². The fourth-order valence-corrected chi connectivity index (χ4v) is 2.27. The van der Waals surface area contributed by atoms with E-state index in [0.29, 0.717) is 11.3 Å². The minimum absolute atomic E-state index is 0.00272. The SMILES string of the molecule is O=C(COc1ccccc1-c1cnc[nH]1)c1ccc(OC(F)F)cc1. The average Bonchev–Trinajstić information content (AvgIpc) is 3.14. The first-order valence-electron chi connectivity index (χ1n) is 7.42. The van der Waals surface area contributed by atoms with Crippen molar-refractivity contribution in [3.63, 3.8) is 0 Å². The molecule has 0 aliphatic rings. The van der Waals surface area contributed by atoms with Crippen molar-refractivity contribution in [3.05, 3.63) is 66.6 Å². The van der Waals surface area contributed by atoms with Crippen LogP contribution >= 0.6 is 0 Å². The molecule has 0 radical (unpaired) electrons. The molecule has 0 bridgehead atoms. The zero-order valence-corrected chi connectivity index (χ0v) is 13.0. The summed E-state index contributed by atoms with van der Waals surface area (Å²) in [5.74, 6) is 0.262. The van der Waals surface area contributed by atoms with E-state index in [2.05, 4.69) is 14.7 Å². The number of rotatable bonds is 7. The first kappa shape index (κ1) is 16.6. The van der Waals surface area contributed by atoms with Crippen molar-refractivity contribution in [2.45, 2.75) is 6.61 Å². The fraction of sp³-hybridized carbons (Fsp3) is 0.111. The van der Waals surface area contributed by atoms with Gasteiger partial charge in [0.15, 0.2) is 12.4 Å². The molecule has 0 fully saturated rings. The van der Waals surface area contributed by atoms with Crippen molar-refractivity contribution in [2.24, 2.45) is 0 Å². The number of carbonyl (C=O) groups is 1. The van der Waals surface area contributed by atoms with E-state index in [1.54, 1.807) is 24.7 Å². The van der Waals surface area contributed by atoms with Gasteiger partial charge in [-0.05, 0) is 36.4 Å².